The quantitative estimate of drug-likeness (QED) is 0.608. The lowest BCUT2D eigenvalue weighted by Crippen LogP contribution is -2.17. The summed E-state index contributed by atoms with van der Waals surface area (Å²) in [5.74, 6) is -0.577. The molecule has 1 atom stereocenters. The average molecular weight is 274 g/mol. The van der Waals surface area contributed by atoms with Crippen molar-refractivity contribution in [3.63, 3.8) is 0 Å². The first-order chi connectivity index (χ1) is 8.40. The van der Waals surface area contributed by atoms with Gasteiger partial charge >= 0.3 is 5.97 Å². The maximum Gasteiger partial charge on any atom is 0.303 e. The van der Waals surface area contributed by atoms with Gasteiger partial charge in [-0.1, -0.05) is 11.6 Å². The van der Waals surface area contributed by atoms with Gasteiger partial charge in [0.05, 0.1) is 9.95 Å². The van der Waals surface area contributed by atoms with E-state index in [1.165, 1.54) is 6.07 Å². The van der Waals surface area contributed by atoms with Crippen molar-refractivity contribution in [1.82, 2.24) is 4.98 Å². The van der Waals surface area contributed by atoms with Crippen molar-refractivity contribution < 1.29 is 14.8 Å². The molecule has 1 unspecified atom stereocenters. The van der Waals surface area contributed by atoms with Crippen molar-refractivity contribution in [3.05, 3.63) is 27.4 Å². The Morgan fingerprint density at radius 2 is 2.39 bits per heavy atom. The van der Waals surface area contributed by atoms with E-state index in [0.29, 0.717) is 12.2 Å². The fourth-order valence-electron chi connectivity index (χ4n) is 1.28. The van der Waals surface area contributed by atoms with E-state index in [1.54, 1.807) is 6.92 Å². The molecule has 0 radical (unpaired) electrons. The molecule has 18 heavy (non-hydrogen) atoms. The Hall–Kier alpha value is -1.89. The molecule has 7 nitrogen and oxygen atoms in total. The van der Waals surface area contributed by atoms with E-state index < -0.39 is 10.9 Å². The van der Waals surface area contributed by atoms with Gasteiger partial charge in [0.25, 0.3) is 5.69 Å². The molecule has 0 aromatic carbocycles. The molecule has 8 heteroatoms. The lowest BCUT2D eigenvalue weighted by Gasteiger charge is -2.14. The molecule has 0 bridgehead atoms. The molecule has 0 aliphatic rings. The number of halogens is 1. The van der Waals surface area contributed by atoms with Gasteiger partial charge in [0, 0.05) is 18.5 Å². The van der Waals surface area contributed by atoms with Crippen LogP contribution < -0.4 is 5.32 Å². The third-order valence-corrected chi connectivity index (χ3v) is 2.50. The number of pyridine rings is 1. The second kappa shape index (κ2) is 6.15. The Labute approximate surface area is 108 Å². The lowest BCUT2D eigenvalue weighted by atomic mass is 10.2. The van der Waals surface area contributed by atoms with Gasteiger partial charge in [0.1, 0.15) is 12.0 Å². The first-order valence-electron chi connectivity index (χ1n) is 5.18. The number of rotatable bonds is 6. The predicted molar refractivity (Wildman–Crippen MR) is 65.9 cm³/mol. The minimum Gasteiger partial charge on any atom is -0.481 e. The van der Waals surface area contributed by atoms with Crippen LogP contribution in [0, 0.1) is 10.1 Å². The maximum atomic E-state index is 10.5. The number of aromatic nitrogens is 1. The summed E-state index contributed by atoms with van der Waals surface area (Å²) in [5, 5.41) is 22.1. The van der Waals surface area contributed by atoms with Crippen LogP contribution in [0.15, 0.2) is 12.3 Å². The summed E-state index contributed by atoms with van der Waals surface area (Å²) in [6.07, 6.45) is 1.53. The molecule has 0 fully saturated rings. The van der Waals surface area contributed by atoms with Crippen LogP contribution >= 0.6 is 11.6 Å². The molecule has 2 N–H and O–H groups in total. The topological polar surface area (TPSA) is 105 Å². The van der Waals surface area contributed by atoms with Crippen LogP contribution in [0.4, 0.5) is 11.5 Å². The zero-order chi connectivity index (χ0) is 13.7. The van der Waals surface area contributed by atoms with Crippen LogP contribution in [0.3, 0.4) is 0 Å². The van der Waals surface area contributed by atoms with E-state index >= 15 is 0 Å². The van der Waals surface area contributed by atoms with Crippen molar-refractivity contribution >= 4 is 29.1 Å². The molecule has 0 saturated heterocycles. The van der Waals surface area contributed by atoms with E-state index in [-0.39, 0.29) is 23.2 Å². The fourth-order valence-corrected chi connectivity index (χ4v) is 1.49. The summed E-state index contributed by atoms with van der Waals surface area (Å²) in [5.41, 5.74) is -0.191. The summed E-state index contributed by atoms with van der Waals surface area (Å²) < 4.78 is 0. The van der Waals surface area contributed by atoms with Gasteiger partial charge in [-0.15, -0.1) is 0 Å². The molecule has 0 aliphatic heterocycles. The Morgan fingerprint density at radius 1 is 1.72 bits per heavy atom. The van der Waals surface area contributed by atoms with Gasteiger partial charge in [-0.25, -0.2) is 4.98 Å². The summed E-state index contributed by atoms with van der Waals surface area (Å²) in [7, 11) is 0. The van der Waals surface area contributed by atoms with Crippen LogP contribution in [-0.4, -0.2) is 27.0 Å². The number of anilines is 1. The maximum absolute atomic E-state index is 10.5. The molecule has 1 aromatic heterocycles. The summed E-state index contributed by atoms with van der Waals surface area (Å²) in [6.45, 7) is 1.78. The van der Waals surface area contributed by atoms with E-state index in [4.69, 9.17) is 16.7 Å². The lowest BCUT2D eigenvalue weighted by molar-refractivity contribution is -0.385. The van der Waals surface area contributed by atoms with Crippen molar-refractivity contribution in [2.45, 2.75) is 25.8 Å². The van der Waals surface area contributed by atoms with E-state index in [1.807, 2.05) is 0 Å². The first-order valence-corrected chi connectivity index (χ1v) is 5.56. The molecule has 1 heterocycles. The van der Waals surface area contributed by atoms with Gasteiger partial charge in [0.15, 0.2) is 0 Å². The summed E-state index contributed by atoms with van der Waals surface area (Å²) >= 11 is 5.83. The number of carbonyl (C=O) groups is 1. The number of nitrogens with zero attached hydrogens (tertiary/aromatic N) is 2. The number of carboxylic acids is 1. The Bertz CT molecular complexity index is 466. The molecular formula is C10H12ClN3O4. The third kappa shape index (κ3) is 4.17. The standard InChI is InChI=1S/C10H12ClN3O4/c1-6(2-3-9(15)16)13-10-8(11)4-7(5-12-10)14(17)18/h4-6H,2-3H2,1H3,(H,12,13)(H,15,16). The number of hydrogen-bond acceptors (Lipinski definition) is 5. The van der Waals surface area contributed by atoms with Gasteiger partial charge in [-0.05, 0) is 13.3 Å². The predicted octanol–water partition coefficient (Wildman–Crippen LogP) is 2.31. The second-order valence-electron chi connectivity index (χ2n) is 3.76. The van der Waals surface area contributed by atoms with Crippen LogP contribution in [0.2, 0.25) is 5.02 Å². The van der Waals surface area contributed by atoms with E-state index in [2.05, 4.69) is 10.3 Å². The highest BCUT2D eigenvalue weighted by molar-refractivity contribution is 6.33. The Balaban J connectivity index is 2.67. The van der Waals surface area contributed by atoms with E-state index in [9.17, 15) is 14.9 Å². The molecule has 98 valence electrons. The van der Waals surface area contributed by atoms with E-state index in [0.717, 1.165) is 6.20 Å². The number of aliphatic carboxylic acids is 1. The van der Waals surface area contributed by atoms with Gasteiger partial charge in [-0.2, -0.15) is 0 Å². The highest BCUT2D eigenvalue weighted by Crippen LogP contribution is 2.24. The fraction of sp³-hybridized carbons (Fsp3) is 0.400. The number of nitro groups is 1. The van der Waals surface area contributed by atoms with Gasteiger partial charge in [0.2, 0.25) is 0 Å². The molecule has 1 rings (SSSR count). The number of carboxylic acid groups (broad SMARTS) is 1. The van der Waals surface area contributed by atoms with Crippen molar-refractivity contribution in [1.29, 1.82) is 0 Å². The van der Waals surface area contributed by atoms with Crippen molar-refractivity contribution in [2.24, 2.45) is 0 Å². The highest BCUT2D eigenvalue weighted by atomic mass is 35.5. The second-order valence-corrected chi connectivity index (χ2v) is 4.17. The molecular weight excluding hydrogens is 262 g/mol. The van der Waals surface area contributed by atoms with Crippen LogP contribution in [0.1, 0.15) is 19.8 Å². The molecule has 0 saturated carbocycles. The minimum absolute atomic E-state index is 0.0266. The zero-order valence-electron chi connectivity index (χ0n) is 9.59. The molecule has 1 aromatic rings. The largest absolute Gasteiger partial charge is 0.481 e. The van der Waals surface area contributed by atoms with Crippen LogP contribution in [-0.2, 0) is 4.79 Å². The number of nitrogens with one attached hydrogen (secondary N) is 1. The van der Waals surface area contributed by atoms with Gasteiger partial charge in [-0.3, -0.25) is 14.9 Å². The normalized spacial score (nSPS) is 11.9. The highest BCUT2D eigenvalue weighted by Gasteiger charge is 2.13. The van der Waals surface area contributed by atoms with Crippen molar-refractivity contribution in [3.8, 4) is 0 Å². The smallest absolute Gasteiger partial charge is 0.303 e. The third-order valence-electron chi connectivity index (χ3n) is 2.21. The summed E-state index contributed by atoms with van der Waals surface area (Å²) in [4.78, 5) is 24.1. The van der Waals surface area contributed by atoms with Crippen LogP contribution in [0.5, 0.6) is 0 Å². The average Bonchev–Trinajstić information content (AvgIpc) is 2.29. The summed E-state index contributed by atoms with van der Waals surface area (Å²) in [6, 6.07) is 1.05. The molecule has 0 amide bonds. The van der Waals surface area contributed by atoms with Gasteiger partial charge < -0.3 is 10.4 Å². The SMILES string of the molecule is CC(CCC(=O)O)Nc1ncc([N+](=O)[O-])cc1Cl. The zero-order valence-corrected chi connectivity index (χ0v) is 10.3. The first kappa shape index (κ1) is 14.2. The molecule has 0 aliphatic carbocycles. The minimum atomic E-state index is -0.883. The molecule has 0 spiro atoms. The van der Waals surface area contributed by atoms with Crippen molar-refractivity contribution in [2.75, 3.05) is 5.32 Å². The van der Waals surface area contributed by atoms with Crippen LogP contribution in [0.25, 0.3) is 0 Å². The Kier molecular flexibility index (Phi) is 4.85. The monoisotopic (exact) mass is 273 g/mol. The Morgan fingerprint density at radius 3 is 2.89 bits per heavy atom. The number of hydrogen-bond donors (Lipinski definition) is 2.